The van der Waals surface area contributed by atoms with Gasteiger partial charge in [0.2, 0.25) is 0 Å². The molecule has 0 aliphatic heterocycles. The first-order valence-corrected chi connectivity index (χ1v) is 9.67. The van der Waals surface area contributed by atoms with Crippen LogP contribution in [-0.2, 0) is 4.79 Å². The molecule has 0 spiro atoms. The number of hydrogen-bond acceptors (Lipinski definition) is 3. The van der Waals surface area contributed by atoms with Crippen molar-refractivity contribution < 1.29 is 18.7 Å². The minimum absolute atomic E-state index is 0.179. The summed E-state index contributed by atoms with van der Waals surface area (Å²) in [5, 5.41) is 3.04. The van der Waals surface area contributed by atoms with Crippen LogP contribution < -0.4 is 14.8 Å². The average Bonchev–Trinajstić information content (AvgIpc) is 2.66. The van der Waals surface area contributed by atoms with Crippen molar-refractivity contribution in [2.45, 2.75) is 59.1 Å². The lowest BCUT2D eigenvalue weighted by atomic mass is 9.93. The quantitative estimate of drug-likeness (QED) is 0.668. The van der Waals surface area contributed by atoms with Crippen LogP contribution in [0.2, 0.25) is 0 Å². The van der Waals surface area contributed by atoms with E-state index in [1.807, 2.05) is 26.8 Å². The van der Waals surface area contributed by atoms with Gasteiger partial charge in [-0.2, -0.15) is 0 Å². The van der Waals surface area contributed by atoms with E-state index in [1.54, 1.807) is 7.11 Å². The number of amides is 1. The van der Waals surface area contributed by atoms with Gasteiger partial charge < -0.3 is 14.8 Å². The summed E-state index contributed by atoms with van der Waals surface area (Å²) in [5.41, 5.74) is 3.22. The predicted octanol–water partition coefficient (Wildman–Crippen LogP) is 5.30. The lowest BCUT2D eigenvalue weighted by Gasteiger charge is -2.23. The maximum absolute atomic E-state index is 13.1. The summed E-state index contributed by atoms with van der Waals surface area (Å²) in [6.45, 7) is 10.1. The molecule has 152 valence electrons. The summed E-state index contributed by atoms with van der Waals surface area (Å²) in [6, 6.07) is 9.62. The van der Waals surface area contributed by atoms with Gasteiger partial charge in [-0.25, -0.2) is 4.39 Å². The zero-order chi connectivity index (χ0) is 20.8. The van der Waals surface area contributed by atoms with E-state index in [2.05, 4.69) is 25.2 Å². The summed E-state index contributed by atoms with van der Waals surface area (Å²) in [6.07, 6.45) is -0.134. The second-order valence-electron chi connectivity index (χ2n) is 7.30. The summed E-state index contributed by atoms with van der Waals surface area (Å²) in [4.78, 5) is 12.7. The Labute approximate surface area is 167 Å². The summed E-state index contributed by atoms with van der Waals surface area (Å²) < 4.78 is 24.3. The van der Waals surface area contributed by atoms with E-state index in [1.165, 1.54) is 24.3 Å². The van der Waals surface area contributed by atoms with Crippen molar-refractivity contribution >= 4 is 5.91 Å². The SMILES string of the molecule is CC[C@@H](Oc1ccc(F)cc1)C(=O)N[C@H](C)c1cc(C(C)C)c(OC)cc1C. The van der Waals surface area contributed by atoms with Crippen LogP contribution in [0, 0.1) is 12.7 Å². The summed E-state index contributed by atoms with van der Waals surface area (Å²) in [7, 11) is 1.67. The highest BCUT2D eigenvalue weighted by Gasteiger charge is 2.22. The molecular formula is C23H30FNO3. The zero-order valence-corrected chi connectivity index (χ0v) is 17.5. The minimum Gasteiger partial charge on any atom is -0.496 e. The number of carbonyl (C=O) groups excluding carboxylic acids is 1. The molecule has 2 atom stereocenters. The largest absolute Gasteiger partial charge is 0.496 e. The first-order valence-electron chi connectivity index (χ1n) is 9.67. The number of methoxy groups -OCH3 is 1. The molecule has 2 rings (SSSR count). The Kier molecular flexibility index (Phi) is 7.44. The Hall–Kier alpha value is -2.56. The maximum atomic E-state index is 13.1. The highest BCUT2D eigenvalue weighted by Crippen LogP contribution is 2.32. The first kappa shape index (κ1) is 21.7. The van der Waals surface area contributed by atoms with Crippen molar-refractivity contribution in [1.29, 1.82) is 0 Å². The normalized spacial score (nSPS) is 13.1. The van der Waals surface area contributed by atoms with Crippen LogP contribution in [0.1, 0.15) is 62.8 Å². The van der Waals surface area contributed by atoms with Crippen molar-refractivity contribution in [2.24, 2.45) is 0 Å². The standard InChI is InChI=1S/C23H30FNO3/c1-7-21(28-18-10-8-17(24)9-11-18)23(26)25-16(5)20-13-19(14(2)3)22(27-6)12-15(20)4/h8-14,16,21H,7H2,1-6H3,(H,25,26)/t16-,21-/m1/s1. The lowest BCUT2D eigenvalue weighted by Crippen LogP contribution is -2.39. The van der Waals surface area contributed by atoms with E-state index in [9.17, 15) is 9.18 Å². The van der Waals surface area contributed by atoms with Gasteiger partial charge >= 0.3 is 0 Å². The molecule has 0 unspecified atom stereocenters. The van der Waals surface area contributed by atoms with Crippen molar-refractivity contribution in [2.75, 3.05) is 7.11 Å². The molecule has 0 radical (unpaired) electrons. The number of hydrogen-bond donors (Lipinski definition) is 1. The van der Waals surface area contributed by atoms with Gasteiger partial charge in [0, 0.05) is 0 Å². The second kappa shape index (κ2) is 9.58. The monoisotopic (exact) mass is 387 g/mol. The third kappa shape index (κ3) is 5.24. The fourth-order valence-electron chi connectivity index (χ4n) is 3.19. The van der Waals surface area contributed by atoms with Crippen molar-refractivity contribution in [3.05, 3.63) is 58.9 Å². The Morgan fingerprint density at radius 2 is 1.75 bits per heavy atom. The van der Waals surface area contributed by atoms with Crippen molar-refractivity contribution in [1.82, 2.24) is 5.32 Å². The Morgan fingerprint density at radius 3 is 2.29 bits per heavy atom. The summed E-state index contributed by atoms with van der Waals surface area (Å²) >= 11 is 0. The molecule has 0 bridgehead atoms. The molecule has 0 aliphatic rings. The van der Waals surface area contributed by atoms with Gasteiger partial charge in [-0.15, -0.1) is 0 Å². The average molecular weight is 387 g/mol. The van der Waals surface area contributed by atoms with Gasteiger partial charge in [-0.05, 0) is 79.3 Å². The molecule has 28 heavy (non-hydrogen) atoms. The van der Waals surface area contributed by atoms with Crippen molar-refractivity contribution in [3.8, 4) is 11.5 Å². The van der Waals surface area contributed by atoms with Crippen LogP contribution in [0.3, 0.4) is 0 Å². The fraction of sp³-hybridized carbons (Fsp3) is 0.435. The van der Waals surface area contributed by atoms with Gasteiger partial charge in [0.05, 0.1) is 13.2 Å². The third-order valence-corrected chi connectivity index (χ3v) is 4.82. The molecule has 1 N–H and O–H groups in total. The van der Waals surface area contributed by atoms with Gasteiger partial charge in [-0.3, -0.25) is 4.79 Å². The van der Waals surface area contributed by atoms with E-state index < -0.39 is 6.10 Å². The number of nitrogens with one attached hydrogen (secondary N) is 1. The molecular weight excluding hydrogens is 357 g/mol. The lowest BCUT2D eigenvalue weighted by molar-refractivity contribution is -0.128. The van der Waals surface area contributed by atoms with Crippen LogP contribution in [0.4, 0.5) is 4.39 Å². The molecule has 0 fully saturated rings. The molecule has 0 saturated carbocycles. The molecule has 2 aromatic rings. The third-order valence-electron chi connectivity index (χ3n) is 4.82. The van der Waals surface area contributed by atoms with Crippen LogP contribution in [0.25, 0.3) is 0 Å². The van der Waals surface area contributed by atoms with E-state index in [0.29, 0.717) is 18.1 Å². The number of ether oxygens (including phenoxy) is 2. The Balaban J connectivity index is 2.15. The molecule has 4 nitrogen and oxygen atoms in total. The highest BCUT2D eigenvalue weighted by atomic mass is 19.1. The van der Waals surface area contributed by atoms with E-state index in [4.69, 9.17) is 9.47 Å². The van der Waals surface area contributed by atoms with E-state index in [0.717, 1.165) is 22.4 Å². The molecule has 0 saturated heterocycles. The van der Waals surface area contributed by atoms with Crippen molar-refractivity contribution in [3.63, 3.8) is 0 Å². The first-order chi connectivity index (χ1) is 13.3. The Morgan fingerprint density at radius 1 is 1.11 bits per heavy atom. The molecule has 5 heteroatoms. The second-order valence-corrected chi connectivity index (χ2v) is 7.30. The van der Waals surface area contributed by atoms with E-state index in [-0.39, 0.29) is 17.8 Å². The number of aryl methyl sites for hydroxylation is 1. The van der Waals surface area contributed by atoms with E-state index >= 15 is 0 Å². The smallest absolute Gasteiger partial charge is 0.261 e. The number of rotatable bonds is 8. The topological polar surface area (TPSA) is 47.6 Å². The van der Waals surface area contributed by atoms with Crippen LogP contribution in [0.5, 0.6) is 11.5 Å². The predicted molar refractivity (Wildman–Crippen MR) is 109 cm³/mol. The Bertz CT molecular complexity index is 802. The summed E-state index contributed by atoms with van der Waals surface area (Å²) in [5.74, 6) is 1.11. The van der Waals surface area contributed by atoms with Gasteiger partial charge in [-0.1, -0.05) is 20.8 Å². The highest BCUT2D eigenvalue weighted by molar-refractivity contribution is 5.81. The van der Waals surface area contributed by atoms with Gasteiger partial charge in [0.25, 0.3) is 5.91 Å². The zero-order valence-electron chi connectivity index (χ0n) is 17.5. The maximum Gasteiger partial charge on any atom is 0.261 e. The minimum atomic E-state index is -0.643. The molecule has 0 aromatic heterocycles. The molecule has 1 amide bonds. The van der Waals surface area contributed by atoms with Crippen LogP contribution in [-0.4, -0.2) is 19.1 Å². The fourth-order valence-corrected chi connectivity index (χ4v) is 3.19. The number of carbonyl (C=O) groups is 1. The molecule has 0 aliphatic carbocycles. The number of benzene rings is 2. The number of halogens is 1. The van der Waals surface area contributed by atoms with Gasteiger partial charge in [0.15, 0.2) is 6.10 Å². The van der Waals surface area contributed by atoms with Gasteiger partial charge in [0.1, 0.15) is 17.3 Å². The molecule has 0 heterocycles. The van der Waals surface area contributed by atoms with Crippen LogP contribution in [0.15, 0.2) is 36.4 Å². The van der Waals surface area contributed by atoms with Crippen LogP contribution >= 0.6 is 0 Å². The molecule has 2 aromatic carbocycles.